The predicted octanol–water partition coefficient (Wildman–Crippen LogP) is 5.42. The Bertz CT molecular complexity index is 958. The van der Waals surface area contributed by atoms with Crippen LogP contribution in [0.15, 0.2) is 71.8 Å². The molecule has 2 amide bonds. The van der Waals surface area contributed by atoms with Crippen LogP contribution < -0.4 is 15.5 Å². The van der Waals surface area contributed by atoms with Crippen LogP contribution in [0.1, 0.15) is 38.7 Å². The summed E-state index contributed by atoms with van der Waals surface area (Å²) in [4.78, 5) is 13.7. The van der Waals surface area contributed by atoms with Crippen LogP contribution in [0, 0.1) is 0 Å². The number of hydrogen-bond donors (Lipinski definition) is 2. The van der Waals surface area contributed by atoms with Crippen molar-refractivity contribution in [3.8, 4) is 11.1 Å². The van der Waals surface area contributed by atoms with Gasteiger partial charge in [-0.2, -0.15) is 0 Å². The van der Waals surface area contributed by atoms with Crippen LogP contribution in [0.5, 0.6) is 0 Å². The second-order valence-corrected chi connectivity index (χ2v) is 8.23. The van der Waals surface area contributed by atoms with Gasteiger partial charge in [0.25, 0.3) is 0 Å². The summed E-state index contributed by atoms with van der Waals surface area (Å²) in [5.41, 5.74) is 7.56. The number of benzene rings is 2. The van der Waals surface area contributed by atoms with Gasteiger partial charge in [-0.05, 0) is 60.6 Å². The van der Waals surface area contributed by atoms with E-state index >= 15 is 0 Å². The molecule has 2 aromatic rings. The van der Waals surface area contributed by atoms with Crippen molar-refractivity contribution in [1.82, 2.24) is 10.6 Å². The topological polar surface area (TPSA) is 44.4 Å². The van der Waals surface area contributed by atoms with Crippen LogP contribution in [0.4, 0.5) is 10.5 Å². The van der Waals surface area contributed by atoms with Crippen molar-refractivity contribution in [2.45, 2.75) is 45.7 Å². The minimum absolute atomic E-state index is 0.0152. The fourth-order valence-electron chi connectivity index (χ4n) is 4.28. The first-order valence-corrected chi connectivity index (χ1v) is 11.0. The summed E-state index contributed by atoms with van der Waals surface area (Å²) in [6.45, 7) is 6.75. The maximum Gasteiger partial charge on any atom is 0.321 e. The van der Waals surface area contributed by atoms with Crippen molar-refractivity contribution < 1.29 is 4.79 Å². The average molecular weight is 402 g/mol. The molecule has 0 saturated carbocycles. The Hall–Kier alpha value is -2.85. The lowest BCUT2D eigenvalue weighted by Crippen LogP contribution is -2.27. The lowest BCUT2D eigenvalue weighted by atomic mass is 10.0. The number of nitrogens with zero attached hydrogens (tertiary/aromatic N) is 1. The molecule has 1 heterocycles. The number of carbonyl (C=O) groups excluding carboxylic acids is 1. The van der Waals surface area contributed by atoms with Gasteiger partial charge in [0.15, 0.2) is 0 Å². The molecule has 1 aliphatic heterocycles. The van der Waals surface area contributed by atoms with Crippen molar-refractivity contribution in [3.63, 3.8) is 0 Å². The molecule has 1 saturated heterocycles. The fraction of sp³-hybridized carbons (Fsp3) is 0.346. The van der Waals surface area contributed by atoms with Gasteiger partial charge in [0, 0.05) is 31.4 Å². The summed E-state index contributed by atoms with van der Waals surface area (Å²) >= 11 is 0. The summed E-state index contributed by atoms with van der Waals surface area (Å²) in [6.07, 6.45) is 7.90. The van der Waals surface area contributed by atoms with E-state index in [4.69, 9.17) is 0 Å². The standard InChI is InChI=1S/C26H31N3O/c1-3-4-6-22-16-24(15-19(22)2)28-18-20-9-11-21(12-10-20)23-7-5-8-25(17-23)29-14-13-27-26(29)30/h4-12,17,24,28H,3,13-16,18H2,1-2H3,(H,27,30)/b6-4-. The Labute approximate surface area is 179 Å². The number of anilines is 1. The van der Waals surface area contributed by atoms with Crippen LogP contribution in [0.3, 0.4) is 0 Å². The van der Waals surface area contributed by atoms with E-state index in [9.17, 15) is 4.79 Å². The molecule has 0 radical (unpaired) electrons. The van der Waals surface area contributed by atoms with Crippen molar-refractivity contribution in [2.24, 2.45) is 0 Å². The second kappa shape index (κ2) is 9.31. The highest BCUT2D eigenvalue weighted by molar-refractivity contribution is 5.94. The smallest absolute Gasteiger partial charge is 0.321 e. The molecule has 2 aliphatic rings. The van der Waals surface area contributed by atoms with E-state index in [0.717, 1.165) is 43.6 Å². The van der Waals surface area contributed by atoms with E-state index in [1.54, 1.807) is 4.90 Å². The second-order valence-electron chi connectivity index (χ2n) is 8.23. The van der Waals surface area contributed by atoms with E-state index < -0.39 is 0 Å². The largest absolute Gasteiger partial charge is 0.336 e. The van der Waals surface area contributed by atoms with Crippen molar-refractivity contribution >= 4 is 11.7 Å². The first-order valence-electron chi connectivity index (χ1n) is 11.0. The number of carbonyl (C=O) groups is 1. The van der Waals surface area contributed by atoms with Gasteiger partial charge < -0.3 is 10.6 Å². The van der Waals surface area contributed by atoms with Gasteiger partial charge in [0.1, 0.15) is 0 Å². The highest BCUT2D eigenvalue weighted by atomic mass is 16.2. The zero-order valence-electron chi connectivity index (χ0n) is 17.9. The number of allylic oxidation sites excluding steroid dienone is 2. The number of rotatable bonds is 7. The average Bonchev–Trinajstić information content (AvgIpc) is 3.36. The highest BCUT2D eigenvalue weighted by Gasteiger charge is 2.21. The van der Waals surface area contributed by atoms with Crippen molar-refractivity contribution in [3.05, 3.63) is 77.4 Å². The monoisotopic (exact) mass is 401 g/mol. The Morgan fingerprint density at radius 3 is 2.70 bits per heavy atom. The summed E-state index contributed by atoms with van der Waals surface area (Å²) in [5.74, 6) is 0. The summed E-state index contributed by atoms with van der Waals surface area (Å²) < 4.78 is 0. The molecule has 1 aliphatic carbocycles. The van der Waals surface area contributed by atoms with E-state index in [-0.39, 0.29) is 6.03 Å². The molecule has 4 nitrogen and oxygen atoms in total. The third-order valence-corrected chi connectivity index (χ3v) is 6.02. The first-order chi connectivity index (χ1) is 14.6. The molecule has 1 atom stereocenters. The number of urea groups is 1. The molecular weight excluding hydrogens is 370 g/mol. The van der Waals surface area contributed by atoms with E-state index in [1.165, 1.54) is 22.3 Å². The van der Waals surface area contributed by atoms with Gasteiger partial charge in [0.05, 0.1) is 0 Å². The van der Waals surface area contributed by atoms with Gasteiger partial charge in [0.2, 0.25) is 0 Å². The maximum absolute atomic E-state index is 11.9. The van der Waals surface area contributed by atoms with Crippen LogP contribution in [-0.2, 0) is 6.54 Å². The Morgan fingerprint density at radius 1 is 1.13 bits per heavy atom. The quantitative estimate of drug-likeness (QED) is 0.651. The number of hydrogen-bond acceptors (Lipinski definition) is 2. The molecular formula is C26H31N3O. The van der Waals surface area contributed by atoms with Crippen LogP contribution >= 0.6 is 0 Å². The minimum Gasteiger partial charge on any atom is -0.336 e. The van der Waals surface area contributed by atoms with E-state index in [2.05, 4.69) is 73.0 Å². The van der Waals surface area contributed by atoms with E-state index in [1.807, 2.05) is 12.1 Å². The molecule has 2 N–H and O–H groups in total. The minimum atomic E-state index is -0.0152. The molecule has 0 spiro atoms. The van der Waals surface area contributed by atoms with Crippen molar-refractivity contribution in [1.29, 1.82) is 0 Å². The Morgan fingerprint density at radius 2 is 1.97 bits per heavy atom. The summed E-state index contributed by atoms with van der Waals surface area (Å²) in [5, 5.41) is 6.58. The van der Waals surface area contributed by atoms with Gasteiger partial charge >= 0.3 is 6.03 Å². The molecule has 4 rings (SSSR count). The zero-order valence-corrected chi connectivity index (χ0v) is 17.9. The molecule has 0 aromatic heterocycles. The number of amides is 2. The molecule has 2 aromatic carbocycles. The lowest BCUT2D eigenvalue weighted by molar-refractivity contribution is 0.252. The third-order valence-electron chi connectivity index (χ3n) is 6.02. The normalized spacial score (nSPS) is 19.2. The molecule has 1 unspecified atom stereocenters. The predicted molar refractivity (Wildman–Crippen MR) is 125 cm³/mol. The summed E-state index contributed by atoms with van der Waals surface area (Å²) in [6, 6.07) is 17.5. The molecule has 156 valence electrons. The summed E-state index contributed by atoms with van der Waals surface area (Å²) in [7, 11) is 0. The van der Waals surface area contributed by atoms with Crippen molar-refractivity contribution in [2.75, 3.05) is 18.0 Å². The Kier molecular flexibility index (Phi) is 6.34. The molecule has 30 heavy (non-hydrogen) atoms. The molecule has 4 heteroatoms. The maximum atomic E-state index is 11.9. The van der Waals surface area contributed by atoms with E-state index in [0.29, 0.717) is 12.6 Å². The SMILES string of the molecule is CC/C=C\C1=C(C)CC(NCc2ccc(-c3cccc(N4CCNC4=O)c3)cc2)C1. The zero-order chi connectivity index (χ0) is 20.9. The highest BCUT2D eigenvalue weighted by Crippen LogP contribution is 2.28. The first kappa shape index (κ1) is 20.4. The lowest BCUT2D eigenvalue weighted by Gasteiger charge is -2.16. The molecule has 0 bridgehead atoms. The molecule has 1 fully saturated rings. The number of nitrogens with one attached hydrogen (secondary N) is 2. The fourth-order valence-corrected chi connectivity index (χ4v) is 4.28. The van der Waals surface area contributed by atoms with Crippen LogP contribution in [0.2, 0.25) is 0 Å². The van der Waals surface area contributed by atoms with Crippen LogP contribution in [-0.4, -0.2) is 25.2 Å². The van der Waals surface area contributed by atoms with Gasteiger partial charge in [-0.3, -0.25) is 4.90 Å². The van der Waals surface area contributed by atoms with Gasteiger partial charge in [-0.25, -0.2) is 4.79 Å². The van der Waals surface area contributed by atoms with Gasteiger partial charge in [-0.1, -0.05) is 61.0 Å². The Balaban J connectivity index is 1.36. The van der Waals surface area contributed by atoms with Crippen LogP contribution in [0.25, 0.3) is 11.1 Å². The van der Waals surface area contributed by atoms with Gasteiger partial charge in [-0.15, -0.1) is 0 Å². The third kappa shape index (κ3) is 4.65.